The smallest absolute Gasteiger partial charge is 0.434 e. The number of imidazole rings is 1. The van der Waals surface area contributed by atoms with Crippen LogP contribution >= 0.6 is 0 Å². The van der Waals surface area contributed by atoms with Crippen molar-refractivity contribution in [2.75, 3.05) is 6.26 Å². The van der Waals surface area contributed by atoms with E-state index in [-0.39, 0.29) is 56.0 Å². The summed E-state index contributed by atoms with van der Waals surface area (Å²) in [5.41, 5.74) is -0.551. The minimum atomic E-state index is -4.77. The monoisotopic (exact) mass is 639 g/mol. The van der Waals surface area contributed by atoms with Crippen molar-refractivity contribution in [1.82, 2.24) is 14.5 Å². The van der Waals surface area contributed by atoms with Gasteiger partial charge in [0.25, 0.3) is 0 Å². The Labute approximate surface area is 245 Å². The predicted molar refractivity (Wildman–Crippen MR) is 144 cm³/mol. The van der Waals surface area contributed by atoms with E-state index in [0.717, 1.165) is 41.3 Å². The van der Waals surface area contributed by atoms with Gasteiger partial charge in [0.2, 0.25) is 0 Å². The number of oxazole rings is 1. The third kappa shape index (κ3) is 6.18. The van der Waals surface area contributed by atoms with Crippen LogP contribution in [0.4, 0.5) is 30.7 Å². The minimum absolute atomic E-state index is 0.00248. The Balaban J connectivity index is 1.76. The van der Waals surface area contributed by atoms with E-state index in [0.29, 0.717) is 0 Å². The van der Waals surface area contributed by atoms with E-state index in [2.05, 4.69) is 14.7 Å². The lowest BCUT2D eigenvalue weighted by molar-refractivity contribution is -0.141. The SMILES string of the molecule is Cc1nc(-c2cc(-c3cc(F)cc(S(C)(=O)=O)c3)ccc2-n2cc(C(F)(F)F)nc2C)c(-c2ccc(OC(F)F)c(F)c2)o1. The topological polar surface area (TPSA) is 87.2 Å². The van der Waals surface area contributed by atoms with Crippen LogP contribution in [0.3, 0.4) is 0 Å². The maximum atomic E-state index is 14.7. The average molecular weight is 640 g/mol. The van der Waals surface area contributed by atoms with Gasteiger partial charge < -0.3 is 13.7 Å². The number of nitrogens with zero attached hydrogens (tertiary/aromatic N) is 3. The molecular weight excluding hydrogens is 619 g/mol. The molecule has 0 radical (unpaired) electrons. The maximum absolute atomic E-state index is 14.7. The molecule has 0 amide bonds. The van der Waals surface area contributed by atoms with Crippen molar-refractivity contribution >= 4 is 9.84 Å². The normalized spacial score (nSPS) is 12.2. The Morgan fingerprint density at radius 1 is 0.909 bits per heavy atom. The molecule has 0 saturated carbocycles. The molecule has 15 heteroatoms. The summed E-state index contributed by atoms with van der Waals surface area (Å²) >= 11 is 0. The van der Waals surface area contributed by atoms with E-state index in [1.54, 1.807) is 0 Å². The molecule has 0 unspecified atom stereocenters. The van der Waals surface area contributed by atoms with Crippen molar-refractivity contribution in [2.45, 2.75) is 31.5 Å². The molecule has 3 aromatic carbocycles. The predicted octanol–water partition coefficient (Wildman–Crippen LogP) is 7.78. The molecule has 0 saturated heterocycles. The standard InChI is InChI=1S/C29H20F7N3O4S/c1-14-37-25(29(34,35)36)13-39(14)23-6-4-16(18-8-19(30)12-20(9-18)44(3,40)41)10-21(23)26-27(42-15(2)38-26)17-5-7-24(22(31)11-17)43-28(32)33/h4-13,28H,1-3H3. The first-order chi connectivity index (χ1) is 20.5. The first-order valence-corrected chi connectivity index (χ1v) is 14.4. The molecule has 0 spiro atoms. The summed E-state index contributed by atoms with van der Waals surface area (Å²) in [7, 11) is -3.82. The number of hydrogen-bond acceptors (Lipinski definition) is 6. The van der Waals surface area contributed by atoms with Gasteiger partial charge in [0.1, 0.15) is 17.3 Å². The van der Waals surface area contributed by atoms with Gasteiger partial charge in [-0.2, -0.15) is 22.0 Å². The molecule has 44 heavy (non-hydrogen) atoms. The number of ether oxygens (including phenoxy) is 1. The summed E-state index contributed by atoms with van der Waals surface area (Å²) in [6.07, 6.45) is -3.10. The second-order valence-electron chi connectivity index (χ2n) is 9.66. The van der Waals surface area contributed by atoms with Gasteiger partial charge in [-0.1, -0.05) is 6.07 Å². The molecule has 5 rings (SSSR count). The number of sulfone groups is 1. The number of benzene rings is 3. The minimum Gasteiger partial charge on any atom is -0.440 e. The van der Waals surface area contributed by atoms with E-state index in [1.165, 1.54) is 44.2 Å². The summed E-state index contributed by atoms with van der Waals surface area (Å²) in [5, 5.41) is 0. The molecule has 2 heterocycles. The molecule has 0 bridgehead atoms. The molecule has 2 aromatic heterocycles. The second-order valence-corrected chi connectivity index (χ2v) is 11.7. The van der Waals surface area contributed by atoms with E-state index in [4.69, 9.17) is 4.42 Å². The van der Waals surface area contributed by atoms with Gasteiger partial charge in [0.15, 0.2) is 38.7 Å². The fourth-order valence-corrected chi connectivity index (χ4v) is 5.22. The average Bonchev–Trinajstić information content (AvgIpc) is 3.51. The summed E-state index contributed by atoms with van der Waals surface area (Å²) in [6, 6.07) is 10.4. The molecule has 0 aliphatic rings. The highest BCUT2D eigenvalue weighted by molar-refractivity contribution is 7.90. The number of aromatic nitrogens is 3. The molecule has 5 aromatic rings. The lowest BCUT2D eigenvalue weighted by Crippen LogP contribution is -2.05. The highest BCUT2D eigenvalue weighted by Gasteiger charge is 2.35. The molecular formula is C29H20F7N3O4S. The van der Waals surface area contributed by atoms with Crippen LogP contribution in [0.25, 0.3) is 39.4 Å². The van der Waals surface area contributed by atoms with Crippen LogP contribution in [0.5, 0.6) is 5.75 Å². The highest BCUT2D eigenvalue weighted by Crippen LogP contribution is 2.40. The van der Waals surface area contributed by atoms with Crippen LogP contribution < -0.4 is 4.74 Å². The van der Waals surface area contributed by atoms with E-state index < -0.39 is 45.7 Å². The van der Waals surface area contributed by atoms with Gasteiger partial charge in [-0.3, -0.25) is 0 Å². The van der Waals surface area contributed by atoms with E-state index in [1.807, 2.05) is 0 Å². The van der Waals surface area contributed by atoms with Gasteiger partial charge in [0, 0.05) is 30.5 Å². The van der Waals surface area contributed by atoms with Crippen LogP contribution in [-0.2, 0) is 16.0 Å². The molecule has 0 N–H and O–H groups in total. The van der Waals surface area contributed by atoms with E-state index >= 15 is 0 Å². The molecule has 0 atom stereocenters. The Kier molecular flexibility index (Phi) is 7.78. The summed E-state index contributed by atoms with van der Waals surface area (Å²) < 4.78 is 130. The zero-order valence-corrected chi connectivity index (χ0v) is 23.7. The molecule has 230 valence electrons. The Morgan fingerprint density at radius 2 is 1.61 bits per heavy atom. The third-order valence-electron chi connectivity index (χ3n) is 6.46. The largest absolute Gasteiger partial charge is 0.440 e. The van der Waals surface area contributed by atoms with Crippen molar-refractivity contribution < 1.29 is 48.3 Å². The molecule has 7 nitrogen and oxygen atoms in total. The first kappa shape index (κ1) is 30.8. The fourth-order valence-electron chi connectivity index (χ4n) is 4.55. The van der Waals surface area contributed by atoms with Crippen molar-refractivity contribution in [3.05, 3.63) is 89.8 Å². The molecule has 0 aliphatic carbocycles. The fraction of sp³-hybridized carbons (Fsp3) is 0.172. The Morgan fingerprint density at radius 3 is 2.23 bits per heavy atom. The van der Waals surface area contributed by atoms with Crippen LogP contribution in [0.2, 0.25) is 0 Å². The summed E-state index contributed by atoms with van der Waals surface area (Å²) in [5.74, 6) is -2.81. The highest BCUT2D eigenvalue weighted by atomic mass is 32.2. The van der Waals surface area contributed by atoms with Crippen LogP contribution in [0.15, 0.2) is 70.1 Å². The zero-order chi connectivity index (χ0) is 32.1. The lowest BCUT2D eigenvalue weighted by Gasteiger charge is -2.15. The van der Waals surface area contributed by atoms with Crippen LogP contribution in [0, 0.1) is 25.5 Å². The number of aryl methyl sites for hydroxylation is 2. The van der Waals surface area contributed by atoms with E-state index in [9.17, 15) is 39.2 Å². The number of rotatable bonds is 7. The van der Waals surface area contributed by atoms with Crippen molar-refractivity contribution in [3.8, 4) is 45.1 Å². The van der Waals surface area contributed by atoms with Crippen LogP contribution in [-0.4, -0.2) is 35.8 Å². The van der Waals surface area contributed by atoms with Gasteiger partial charge >= 0.3 is 12.8 Å². The van der Waals surface area contributed by atoms with Crippen LogP contribution in [0.1, 0.15) is 17.4 Å². The van der Waals surface area contributed by atoms with Crippen molar-refractivity contribution in [3.63, 3.8) is 0 Å². The summed E-state index contributed by atoms with van der Waals surface area (Å²) in [6.45, 7) is -0.491. The number of hydrogen-bond donors (Lipinski definition) is 0. The quantitative estimate of drug-likeness (QED) is 0.169. The van der Waals surface area contributed by atoms with Gasteiger partial charge in [-0.25, -0.2) is 27.2 Å². The third-order valence-corrected chi connectivity index (χ3v) is 7.55. The van der Waals surface area contributed by atoms with Crippen molar-refractivity contribution in [2.24, 2.45) is 0 Å². The maximum Gasteiger partial charge on any atom is 0.434 e. The number of halogens is 7. The summed E-state index contributed by atoms with van der Waals surface area (Å²) in [4.78, 5) is 7.67. The molecule has 0 aliphatic heterocycles. The first-order valence-electron chi connectivity index (χ1n) is 12.5. The zero-order valence-electron chi connectivity index (χ0n) is 22.9. The van der Waals surface area contributed by atoms with Crippen molar-refractivity contribution in [1.29, 1.82) is 0 Å². The number of alkyl halides is 5. The lowest BCUT2D eigenvalue weighted by atomic mass is 9.97. The Hall–Kier alpha value is -4.66. The molecule has 0 fully saturated rings. The second kappa shape index (κ2) is 11.1. The van der Waals surface area contributed by atoms with Gasteiger partial charge in [0.05, 0.1) is 10.6 Å². The van der Waals surface area contributed by atoms with Gasteiger partial charge in [-0.15, -0.1) is 0 Å². The Bertz CT molecular complexity index is 2000. The van der Waals surface area contributed by atoms with Gasteiger partial charge in [-0.05, 0) is 66.6 Å².